The van der Waals surface area contributed by atoms with E-state index in [1.807, 2.05) is 0 Å². The Kier molecular flexibility index (Phi) is 5.80. The van der Waals surface area contributed by atoms with Crippen LogP contribution < -0.4 is 15.4 Å². The first kappa shape index (κ1) is 19.7. The molecule has 1 saturated heterocycles. The molecule has 1 aliphatic heterocycles. The predicted molar refractivity (Wildman–Crippen MR) is 101 cm³/mol. The molecule has 146 valence electrons. The summed E-state index contributed by atoms with van der Waals surface area (Å²) in [7, 11) is -7.10. The van der Waals surface area contributed by atoms with Gasteiger partial charge in [-0.1, -0.05) is 12.1 Å². The van der Waals surface area contributed by atoms with Gasteiger partial charge in [-0.15, -0.1) is 0 Å². The molecule has 4 N–H and O–H groups in total. The molecule has 2 aromatic rings. The SMILES string of the molecule is NS(=O)(=O)c1ccc(CCNc2ccc(S(=O)(=O)N3CCCC3)c[nH+]2)cc1. The zero-order valence-electron chi connectivity index (χ0n) is 14.8. The molecule has 0 aliphatic carbocycles. The van der Waals surface area contributed by atoms with Crippen LogP contribution in [0.15, 0.2) is 52.4 Å². The normalized spacial score (nSPS) is 15.7. The Morgan fingerprint density at radius 2 is 1.59 bits per heavy atom. The first-order valence-electron chi connectivity index (χ1n) is 8.64. The molecule has 0 amide bonds. The van der Waals surface area contributed by atoms with Crippen molar-refractivity contribution in [3.05, 3.63) is 48.2 Å². The van der Waals surface area contributed by atoms with E-state index in [9.17, 15) is 16.8 Å². The lowest BCUT2D eigenvalue weighted by molar-refractivity contribution is -0.364. The minimum Gasteiger partial charge on any atom is -0.274 e. The van der Waals surface area contributed by atoms with Crippen LogP contribution in [0.4, 0.5) is 5.82 Å². The smallest absolute Gasteiger partial charge is 0.272 e. The minimum absolute atomic E-state index is 0.0855. The van der Waals surface area contributed by atoms with E-state index in [0.29, 0.717) is 31.9 Å². The Hall–Kier alpha value is -2.01. The summed E-state index contributed by atoms with van der Waals surface area (Å²) in [6, 6.07) is 9.69. The highest BCUT2D eigenvalue weighted by atomic mass is 32.2. The molecule has 27 heavy (non-hydrogen) atoms. The standard InChI is InChI=1S/C17H22N4O4S2/c18-26(22,23)15-5-3-14(4-6-15)9-10-19-17-8-7-16(13-20-17)27(24,25)21-11-1-2-12-21/h3-8,13H,1-2,9-12H2,(H,19,20)(H2,18,22,23)/p+1. The summed E-state index contributed by atoms with van der Waals surface area (Å²) >= 11 is 0. The Bertz CT molecular complexity index is 982. The van der Waals surface area contributed by atoms with Gasteiger partial charge in [0, 0.05) is 25.6 Å². The second kappa shape index (κ2) is 7.93. The van der Waals surface area contributed by atoms with Crippen LogP contribution in [0.3, 0.4) is 0 Å². The fourth-order valence-corrected chi connectivity index (χ4v) is 4.95. The molecule has 0 radical (unpaired) electrons. The van der Waals surface area contributed by atoms with Gasteiger partial charge in [-0.3, -0.25) is 5.32 Å². The fraction of sp³-hybridized carbons (Fsp3) is 0.353. The Balaban J connectivity index is 1.56. The van der Waals surface area contributed by atoms with Crippen molar-refractivity contribution in [2.75, 3.05) is 25.0 Å². The van der Waals surface area contributed by atoms with E-state index in [-0.39, 0.29) is 9.79 Å². The number of anilines is 1. The van der Waals surface area contributed by atoms with Crippen molar-refractivity contribution in [3.63, 3.8) is 0 Å². The van der Waals surface area contributed by atoms with Gasteiger partial charge in [0.25, 0.3) is 5.82 Å². The van der Waals surface area contributed by atoms with Gasteiger partial charge in [0.05, 0.1) is 11.4 Å². The van der Waals surface area contributed by atoms with Gasteiger partial charge < -0.3 is 0 Å². The van der Waals surface area contributed by atoms with Gasteiger partial charge in [-0.05, 0) is 36.6 Å². The van der Waals surface area contributed by atoms with Crippen LogP contribution in [0.1, 0.15) is 18.4 Å². The average Bonchev–Trinajstić information content (AvgIpc) is 3.17. The quantitative estimate of drug-likeness (QED) is 0.690. The number of aromatic nitrogens is 1. The summed E-state index contributed by atoms with van der Waals surface area (Å²) in [5.41, 5.74) is 0.961. The van der Waals surface area contributed by atoms with Crippen LogP contribution in [0.25, 0.3) is 0 Å². The number of primary sulfonamides is 1. The van der Waals surface area contributed by atoms with Crippen molar-refractivity contribution in [1.29, 1.82) is 0 Å². The molecule has 0 unspecified atom stereocenters. The van der Waals surface area contributed by atoms with Crippen molar-refractivity contribution >= 4 is 25.9 Å². The molecule has 1 aromatic carbocycles. The molecule has 10 heteroatoms. The number of aromatic amines is 1. The van der Waals surface area contributed by atoms with Gasteiger partial charge in [-0.2, -0.15) is 4.31 Å². The molecule has 8 nitrogen and oxygen atoms in total. The van der Waals surface area contributed by atoms with E-state index in [1.165, 1.54) is 22.6 Å². The molecule has 2 heterocycles. The highest BCUT2D eigenvalue weighted by Gasteiger charge is 2.27. The van der Waals surface area contributed by atoms with Crippen molar-refractivity contribution in [1.82, 2.24) is 4.31 Å². The van der Waals surface area contributed by atoms with Crippen LogP contribution in [0.2, 0.25) is 0 Å². The number of pyridine rings is 1. The summed E-state index contributed by atoms with van der Waals surface area (Å²) in [5, 5.41) is 8.25. The maximum absolute atomic E-state index is 12.5. The molecular weight excluding hydrogens is 388 g/mol. The van der Waals surface area contributed by atoms with Gasteiger partial charge in [0.2, 0.25) is 20.0 Å². The third-order valence-corrected chi connectivity index (χ3v) is 7.29. The van der Waals surface area contributed by atoms with Crippen LogP contribution in [-0.2, 0) is 26.5 Å². The van der Waals surface area contributed by atoms with Gasteiger partial charge in [0.1, 0.15) is 11.1 Å². The maximum atomic E-state index is 12.5. The number of rotatable bonds is 7. The molecule has 1 fully saturated rings. The Morgan fingerprint density at radius 1 is 0.963 bits per heavy atom. The van der Waals surface area contributed by atoms with Gasteiger partial charge in [-0.25, -0.2) is 27.0 Å². The van der Waals surface area contributed by atoms with E-state index < -0.39 is 20.0 Å². The second-order valence-corrected chi connectivity index (χ2v) is 9.91. The van der Waals surface area contributed by atoms with Crippen LogP contribution in [-0.4, -0.2) is 40.8 Å². The summed E-state index contributed by atoms with van der Waals surface area (Å²) in [6.45, 7) is 1.75. The first-order chi connectivity index (χ1) is 12.8. The van der Waals surface area contributed by atoms with E-state index in [0.717, 1.165) is 18.4 Å². The fourth-order valence-electron chi connectivity index (χ4n) is 2.95. The number of sulfonamides is 2. The van der Waals surface area contributed by atoms with Gasteiger partial charge in [0.15, 0.2) is 0 Å². The number of nitrogens with one attached hydrogen (secondary N) is 2. The number of hydrogen-bond acceptors (Lipinski definition) is 5. The topological polar surface area (TPSA) is 124 Å². The number of nitrogens with zero attached hydrogens (tertiary/aromatic N) is 1. The molecule has 3 rings (SSSR count). The van der Waals surface area contributed by atoms with Crippen molar-refractivity contribution in [2.45, 2.75) is 29.1 Å². The highest BCUT2D eigenvalue weighted by Crippen LogP contribution is 2.20. The number of hydrogen-bond donors (Lipinski definition) is 2. The van der Waals surface area contributed by atoms with Crippen molar-refractivity contribution in [3.8, 4) is 0 Å². The number of benzene rings is 1. The highest BCUT2D eigenvalue weighted by molar-refractivity contribution is 7.89. The van der Waals surface area contributed by atoms with E-state index in [1.54, 1.807) is 24.3 Å². The van der Waals surface area contributed by atoms with Crippen LogP contribution in [0.5, 0.6) is 0 Å². The molecular formula is C17H23N4O4S2+. The monoisotopic (exact) mass is 411 g/mol. The molecule has 0 saturated carbocycles. The molecule has 1 aliphatic rings. The number of H-pyrrole nitrogens is 1. The predicted octanol–water partition coefficient (Wildman–Crippen LogP) is 0.587. The van der Waals surface area contributed by atoms with Crippen molar-refractivity contribution in [2.24, 2.45) is 5.14 Å². The van der Waals surface area contributed by atoms with Crippen molar-refractivity contribution < 1.29 is 21.8 Å². The van der Waals surface area contributed by atoms with Crippen LogP contribution in [0, 0.1) is 0 Å². The van der Waals surface area contributed by atoms with E-state index >= 15 is 0 Å². The number of nitrogens with two attached hydrogens (primary N) is 1. The Labute approximate surface area is 159 Å². The molecule has 0 spiro atoms. The third-order valence-electron chi connectivity index (χ3n) is 4.47. The maximum Gasteiger partial charge on any atom is 0.272 e. The van der Waals surface area contributed by atoms with E-state index in [2.05, 4.69) is 10.3 Å². The summed E-state index contributed by atoms with van der Waals surface area (Å²) < 4.78 is 48.9. The lowest BCUT2D eigenvalue weighted by Gasteiger charge is -2.14. The summed E-state index contributed by atoms with van der Waals surface area (Å²) in [4.78, 5) is 3.31. The average molecular weight is 412 g/mol. The lowest BCUT2D eigenvalue weighted by Crippen LogP contribution is -2.29. The molecule has 0 atom stereocenters. The zero-order chi connectivity index (χ0) is 19.5. The Morgan fingerprint density at radius 3 is 2.15 bits per heavy atom. The largest absolute Gasteiger partial charge is 0.274 e. The minimum atomic E-state index is -3.68. The first-order valence-corrected chi connectivity index (χ1v) is 11.6. The zero-order valence-corrected chi connectivity index (χ0v) is 16.4. The second-order valence-electron chi connectivity index (χ2n) is 6.41. The third kappa shape index (κ3) is 4.83. The summed E-state index contributed by atoms with van der Waals surface area (Å²) in [5.74, 6) is 0.705. The van der Waals surface area contributed by atoms with E-state index in [4.69, 9.17) is 5.14 Å². The van der Waals surface area contributed by atoms with Gasteiger partial charge >= 0.3 is 0 Å². The lowest BCUT2D eigenvalue weighted by atomic mass is 10.1. The summed E-state index contributed by atoms with van der Waals surface area (Å²) in [6.07, 6.45) is 3.98. The van der Waals surface area contributed by atoms with Crippen LogP contribution >= 0.6 is 0 Å². The molecule has 0 bridgehead atoms. The molecule has 1 aromatic heterocycles.